The molecule has 1 unspecified atom stereocenters. The predicted octanol–water partition coefficient (Wildman–Crippen LogP) is 1.98. The van der Waals surface area contributed by atoms with Crippen molar-refractivity contribution in [2.45, 2.75) is 33.2 Å². The SMILES string of the molecule is CCCOc1cc(N)cc(NC(C(N)=O)C(C)C)c1. The van der Waals surface area contributed by atoms with Gasteiger partial charge in [0.15, 0.2) is 0 Å². The van der Waals surface area contributed by atoms with E-state index in [-0.39, 0.29) is 11.8 Å². The van der Waals surface area contributed by atoms with E-state index < -0.39 is 6.04 Å². The summed E-state index contributed by atoms with van der Waals surface area (Å²) >= 11 is 0. The number of nitrogens with two attached hydrogens (primary N) is 2. The molecule has 5 heteroatoms. The summed E-state index contributed by atoms with van der Waals surface area (Å²) in [6.07, 6.45) is 0.924. The normalized spacial score (nSPS) is 12.2. The van der Waals surface area contributed by atoms with Crippen LogP contribution in [0.5, 0.6) is 5.75 Å². The number of hydrogen-bond donors (Lipinski definition) is 3. The Morgan fingerprint density at radius 2 is 2.05 bits per heavy atom. The Hall–Kier alpha value is -1.91. The van der Waals surface area contributed by atoms with Crippen LogP contribution in [0.1, 0.15) is 27.2 Å². The standard InChI is InChI=1S/C14H23N3O2/c1-4-5-19-12-7-10(15)6-11(8-12)17-13(9(2)3)14(16)18/h6-9,13,17H,4-5,15H2,1-3H3,(H2,16,18). The first-order valence-electron chi connectivity index (χ1n) is 6.53. The van der Waals surface area contributed by atoms with E-state index in [1.807, 2.05) is 26.8 Å². The Balaban J connectivity index is 2.87. The maximum atomic E-state index is 11.4. The molecular formula is C14H23N3O2. The van der Waals surface area contributed by atoms with Crippen LogP contribution in [0.2, 0.25) is 0 Å². The van der Waals surface area contributed by atoms with E-state index in [9.17, 15) is 4.79 Å². The minimum absolute atomic E-state index is 0.0962. The van der Waals surface area contributed by atoms with Gasteiger partial charge in [0.05, 0.1) is 6.61 Å². The second-order valence-corrected chi connectivity index (χ2v) is 4.91. The average molecular weight is 265 g/mol. The first-order valence-corrected chi connectivity index (χ1v) is 6.53. The molecule has 1 amide bonds. The number of amides is 1. The van der Waals surface area contributed by atoms with E-state index in [1.165, 1.54) is 0 Å². The second kappa shape index (κ2) is 6.87. The highest BCUT2D eigenvalue weighted by Crippen LogP contribution is 2.24. The molecule has 0 fully saturated rings. The lowest BCUT2D eigenvalue weighted by atomic mass is 10.0. The average Bonchev–Trinajstić information content (AvgIpc) is 2.32. The van der Waals surface area contributed by atoms with Gasteiger partial charge in [0.2, 0.25) is 5.91 Å². The zero-order valence-corrected chi connectivity index (χ0v) is 11.8. The Labute approximate surface area is 114 Å². The molecule has 0 aliphatic heterocycles. The number of carbonyl (C=O) groups is 1. The summed E-state index contributed by atoms with van der Waals surface area (Å²) < 4.78 is 5.54. The lowest BCUT2D eigenvalue weighted by Gasteiger charge is -2.21. The fraction of sp³-hybridized carbons (Fsp3) is 0.500. The smallest absolute Gasteiger partial charge is 0.240 e. The van der Waals surface area contributed by atoms with Gasteiger partial charge in [-0.2, -0.15) is 0 Å². The monoisotopic (exact) mass is 265 g/mol. The van der Waals surface area contributed by atoms with Gasteiger partial charge < -0.3 is 21.5 Å². The van der Waals surface area contributed by atoms with Gasteiger partial charge >= 0.3 is 0 Å². The highest BCUT2D eigenvalue weighted by atomic mass is 16.5. The van der Waals surface area contributed by atoms with Crippen LogP contribution in [-0.2, 0) is 4.79 Å². The summed E-state index contributed by atoms with van der Waals surface area (Å²) in [6, 6.07) is 4.91. The molecule has 1 rings (SSSR count). The Morgan fingerprint density at radius 3 is 2.58 bits per heavy atom. The maximum absolute atomic E-state index is 11.4. The van der Waals surface area contributed by atoms with Gasteiger partial charge in [-0.3, -0.25) is 4.79 Å². The highest BCUT2D eigenvalue weighted by molar-refractivity contribution is 5.83. The van der Waals surface area contributed by atoms with E-state index in [0.717, 1.165) is 12.1 Å². The van der Waals surface area contributed by atoms with Crippen molar-refractivity contribution in [3.05, 3.63) is 18.2 Å². The van der Waals surface area contributed by atoms with Gasteiger partial charge in [-0.15, -0.1) is 0 Å². The van der Waals surface area contributed by atoms with Crippen LogP contribution >= 0.6 is 0 Å². The molecule has 1 atom stereocenters. The molecule has 0 saturated heterocycles. The largest absolute Gasteiger partial charge is 0.493 e. The third kappa shape index (κ3) is 4.69. The molecule has 5 N–H and O–H groups in total. The van der Waals surface area contributed by atoms with Crippen molar-refractivity contribution >= 4 is 17.3 Å². The Kier molecular flexibility index (Phi) is 5.48. The van der Waals surface area contributed by atoms with Crippen molar-refractivity contribution in [2.24, 2.45) is 11.7 Å². The second-order valence-electron chi connectivity index (χ2n) is 4.91. The number of hydrogen-bond acceptors (Lipinski definition) is 4. The molecule has 19 heavy (non-hydrogen) atoms. The van der Waals surface area contributed by atoms with Gasteiger partial charge in [-0.05, 0) is 18.4 Å². The van der Waals surface area contributed by atoms with Crippen molar-refractivity contribution in [3.63, 3.8) is 0 Å². The molecule has 0 spiro atoms. The molecule has 0 aliphatic carbocycles. The molecule has 0 saturated carbocycles. The van der Waals surface area contributed by atoms with Crippen LogP contribution in [0.15, 0.2) is 18.2 Å². The van der Waals surface area contributed by atoms with Gasteiger partial charge in [-0.25, -0.2) is 0 Å². The van der Waals surface area contributed by atoms with E-state index >= 15 is 0 Å². The van der Waals surface area contributed by atoms with Gasteiger partial charge in [-0.1, -0.05) is 20.8 Å². The van der Waals surface area contributed by atoms with E-state index in [2.05, 4.69) is 5.32 Å². The molecule has 0 aliphatic rings. The van der Waals surface area contributed by atoms with Crippen molar-refractivity contribution in [2.75, 3.05) is 17.7 Å². The summed E-state index contributed by atoms with van der Waals surface area (Å²) in [4.78, 5) is 11.4. The minimum atomic E-state index is -0.430. The van der Waals surface area contributed by atoms with Crippen molar-refractivity contribution < 1.29 is 9.53 Å². The zero-order chi connectivity index (χ0) is 14.4. The molecule has 0 heterocycles. The predicted molar refractivity (Wildman–Crippen MR) is 78.1 cm³/mol. The van der Waals surface area contributed by atoms with Crippen LogP contribution in [-0.4, -0.2) is 18.6 Å². The van der Waals surface area contributed by atoms with Crippen molar-refractivity contribution in [1.29, 1.82) is 0 Å². The first-order chi connectivity index (χ1) is 8.93. The highest BCUT2D eigenvalue weighted by Gasteiger charge is 2.19. The van der Waals surface area contributed by atoms with E-state index in [4.69, 9.17) is 16.2 Å². The van der Waals surface area contributed by atoms with E-state index in [1.54, 1.807) is 12.1 Å². The quantitative estimate of drug-likeness (QED) is 0.657. The number of benzene rings is 1. The summed E-state index contributed by atoms with van der Waals surface area (Å²) in [5.74, 6) is 0.406. The number of ether oxygens (including phenoxy) is 1. The number of rotatable bonds is 7. The lowest BCUT2D eigenvalue weighted by Crippen LogP contribution is -2.39. The maximum Gasteiger partial charge on any atom is 0.240 e. The molecule has 1 aromatic carbocycles. The Bertz CT molecular complexity index is 433. The molecule has 5 nitrogen and oxygen atoms in total. The van der Waals surface area contributed by atoms with Crippen LogP contribution in [0.25, 0.3) is 0 Å². The number of anilines is 2. The number of nitrogen functional groups attached to an aromatic ring is 1. The molecule has 0 radical (unpaired) electrons. The third-order valence-corrected chi connectivity index (χ3v) is 2.70. The first kappa shape index (κ1) is 15.1. The van der Waals surface area contributed by atoms with Crippen molar-refractivity contribution in [1.82, 2.24) is 0 Å². The van der Waals surface area contributed by atoms with Crippen LogP contribution in [0.3, 0.4) is 0 Å². The van der Waals surface area contributed by atoms with Crippen LogP contribution in [0, 0.1) is 5.92 Å². The number of nitrogens with one attached hydrogen (secondary N) is 1. The lowest BCUT2D eigenvalue weighted by molar-refractivity contribution is -0.119. The van der Waals surface area contributed by atoms with Gasteiger partial charge in [0.25, 0.3) is 0 Å². The fourth-order valence-corrected chi connectivity index (χ4v) is 1.75. The topological polar surface area (TPSA) is 90.4 Å². The summed E-state index contributed by atoms with van der Waals surface area (Å²) in [7, 11) is 0. The molecule has 1 aromatic rings. The van der Waals surface area contributed by atoms with Crippen LogP contribution < -0.4 is 21.5 Å². The summed E-state index contributed by atoms with van der Waals surface area (Å²) in [5, 5.41) is 3.10. The Morgan fingerprint density at radius 1 is 1.37 bits per heavy atom. The zero-order valence-electron chi connectivity index (χ0n) is 11.8. The van der Waals surface area contributed by atoms with Gasteiger partial charge in [0.1, 0.15) is 11.8 Å². The number of carbonyl (C=O) groups excluding carboxylic acids is 1. The van der Waals surface area contributed by atoms with Crippen LogP contribution in [0.4, 0.5) is 11.4 Å². The third-order valence-electron chi connectivity index (χ3n) is 2.70. The molecular weight excluding hydrogens is 242 g/mol. The minimum Gasteiger partial charge on any atom is -0.493 e. The van der Waals surface area contributed by atoms with Crippen molar-refractivity contribution in [3.8, 4) is 5.75 Å². The van der Waals surface area contributed by atoms with Gasteiger partial charge in [0, 0.05) is 23.5 Å². The number of primary amides is 1. The molecule has 0 bridgehead atoms. The fourth-order valence-electron chi connectivity index (χ4n) is 1.75. The van der Waals surface area contributed by atoms with E-state index in [0.29, 0.717) is 18.0 Å². The molecule has 0 aromatic heterocycles. The summed E-state index contributed by atoms with van der Waals surface area (Å²) in [5.41, 5.74) is 12.5. The molecule has 106 valence electrons. The summed E-state index contributed by atoms with van der Waals surface area (Å²) in [6.45, 7) is 6.53.